The van der Waals surface area contributed by atoms with Crippen molar-refractivity contribution in [2.75, 3.05) is 36.2 Å². The van der Waals surface area contributed by atoms with E-state index in [0.29, 0.717) is 29.2 Å². The van der Waals surface area contributed by atoms with Gasteiger partial charge in [0.25, 0.3) is 0 Å². The first-order chi connectivity index (χ1) is 21.2. The van der Waals surface area contributed by atoms with Crippen molar-refractivity contribution in [1.82, 2.24) is 19.5 Å². The number of imidazole rings is 1. The average molecular weight is 718 g/mol. The largest absolute Gasteiger partial charge is 0.481 e. The molecule has 0 saturated carbocycles. The van der Waals surface area contributed by atoms with Gasteiger partial charge in [0.05, 0.1) is 19.4 Å². The Hall–Kier alpha value is -1.80. The van der Waals surface area contributed by atoms with Crippen LogP contribution in [0.3, 0.4) is 0 Å². The molecule has 0 amide bonds. The molecule has 248 valence electrons. The summed E-state index contributed by atoms with van der Waals surface area (Å²) in [6, 6.07) is 8.87. The summed E-state index contributed by atoms with van der Waals surface area (Å²) in [5.41, 5.74) is 1.18. The molecule has 2 saturated heterocycles. The number of anilines is 1. The molecule has 0 aliphatic carbocycles. The minimum Gasteiger partial charge on any atom is -0.367 e. The summed E-state index contributed by atoms with van der Waals surface area (Å²) in [6.07, 6.45) is -6.94. The molecule has 6 atom stereocenters. The predicted molar refractivity (Wildman–Crippen MR) is 155 cm³/mol. The van der Waals surface area contributed by atoms with Crippen molar-refractivity contribution in [3.63, 3.8) is 0 Å². The molecule has 2 unspecified atom stereocenters. The van der Waals surface area contributed by atoms with E-state index in [1.807, 2.05) is 6.26 Å². The summed E-state index contributed by atoms with van der Waals surface area (Å²) < 4.78 is 90.4. The van der Waals surface area contributed by atoms with Crippen LogP contribution in [-0.2, 0) is 32.2 Å². The number of hydrogen-bond acceptors (Lipinski definition) is 13. The molecule has 45 heavy (non-hydrogen) atoms. The number of hydrogen-bond donors (Lipinski definition) is 4. The minimum absolute atomic E-state index is 0.0659. The van der Waals surface area contributed by atoms with Crippen molar-refractivity contribution in [3.8, 4) is 0 Å². The van der Waals surface area contributed by atoms with Crippen molar-refractivity contribution < 1.29 is 60.0 Å². The van der Waals surface area contributed by atoms with Crippen LogP contribution in [0.2, 0.25) is 0 Å². The van der Waals surface area contributed by atoms with E-state index in [1.165, 1.54) is 10.9 Å². The molecule has 2 fully saturated rings. The number of phosphoric acid groups is 2. The number of rotatable bonds is 14. The van der Waals surface area contributed by atoms with Gasteiger partial charge in [-0.15, -0.1) is 0 Å². The highest BCUT2D eigenvalue weighted by Gasteiger charge is 2.55. The molecule has 2 aliphatic heterocycles. The molecule has 0 spiro atoms. The number of fused-ring (bicyclic) bond motifs is 2. The van der Waals surface area contributed by atoms with Crippen LogP contribution in [0.4, 0.5) is 19.0 Å². The third kappa shape index (κ3) is 8.97. The van der Waals surface area contributed by atoms with E-state index in [0.717, 1.165) is 11.8 Å². The second-order valence-corrected chi connectivity index (χ2v) is 14.5. The number of halogens is 3. The smallest absolute Gasteiger partial charge is 0.367 e. The Labute approximate surface area is 262 Å². The fraction of sp³-hybridized carbons (Fsp3) is 0.522. The molecule has 22 heteroatoms. The summed E-state index contributed by atoms with van der Waals surface area (Å²) in [6.45, 7) is -0.206. The number of aromatic nitrogens is 4. The Morgan fingerprint density at radius 2 is 1.80 bits per heavy atom. The number of nitrogens with zero attached hydrogens (tertiary/aromatic N) is 4. The van der Waals surface area contributed by atoms with Crippen LogP contribution in [-0.4, -0.2) is 89.6 Å². The van der Waals surface area contributed by atoms with E-state index >= 15 is 0 Å². The lowest BCUT2D eigenvalue weighted by Crippen LogP contribution is -2.31. The number of nitrogens with one attached hydrogen (secondary N) is 1. The molecule has 2 aliphatic rings. The molecule has 2 aromatic heterocycles. The van der Waals surface area contributed by atoms with E-state index in [2.05, 4.69) is 24.6 Å². The van der Waals surface area contributed by atoms with E-state index < -0.39 is 65.7 Å². The maximum atomic E-state index is 12.8. The maximum Gasteiger partial charge on any atom is 0.481 e. The fourth-order valence-electron chi connectivity index (χ4n) is 4.59. The van der Waals surface area contributed by atoms with Gasteiger partial charge in [-0.05, 0) is 6.26 Å². The van der Waals surface area contributed by atoms with Crippen molar-refractivity contribution >= 4 is 56.2 Å². The summed E-state index contributed by atoms with van der Waals surface area (Å²) >= 11 is 2.40. The molecule has 0 radical (unpaired) electrons. The topological polar surface area (TPSA) is 197 Å². The molecule has 4 heterocycles. The van der Waals surface area contributed by atoms with Gasteiger partial charge in [-0.25, -0.2) is 24.1 Å². The number of phosphoric ester groups is 1. The predicted octanol–water partition coefficient (Wildman–Crippen LogP) is 4.25. The zero-order valence-corrected chi connectivity index (χ0v) is 26.6. The number of benzene rings is 1. The Morgan fingerprint density at radius 1 is 1.07 bits per heavy atom. The normalized spacial score (nSPS) is 25.0. The van der Waals surface area contributed by atoms with Gasteiger partial charge >= 0.3 is 21.8 Å². The van der Waals surface area contributed by atoms with E-state index in [9.17, 15) is 27.2 Å². The van der Waals surface area contributed by atoms with Crippen LogP contribution in [0.15, 0.2) is 41.8 Å². The van der Waals surface area contributed by atoms with Crippen molar-refractivity contribution in [1.29, 1.82) is 0 Å². The van der Waals surface area contributed by atoms with Gasteiger partial charge in [-0.2, -0.15) is 29.2 Å². The third-order valence-corrected chi connectivity index (χ3v) is 10.0. The van der Waals surface area contributed by atoms with Gasteiger partial charge in [0.1, 0.15) is 18.3 Å². The summed E-state index contributed by atoms with van der Waals surface area (Å²) in [5, 5.41) is 3.21. The maximum absolute atomic E-state index is 12.8. The van der Waals surface area contributed by atoms with E-state index in [-0.39, 0.29) is 16.6 Å². The quantitative estimate of drug-likeness (QED) is 0.0799. The van der Waals surface area contributed by atoms with Crippen molar-refractivity contribution in [2.45, 2.75) is 48.6 Å². The number of thioether (sulfide) groups is 2. The molecule has 1 aromatic carbocycles. The van der Waals surface area contributed by atoms with Gasteiger partial charge in [0.15, 0.2) is 34.7 Å². The monoisotopic (exact) mass is 717 g/mol. The average Bonchev–Trinajstić information content (AvgIpc) is 3.65. The van der Waals surface area contributed by atoms with Gasteiger partial charge in [-0.3, -0.25) is 9.09 Å². The van der Waals surface area contributed by atoms with Gasteiger partial charge in [0, 0.05) is 23.6 Å². The van der Waals surface area contributed by atoms with Crippen LogP contribution in [0, 0.1) is 0 Å². The lowest BCUT2D eigenvalue weighted by Gasteiger charge is -2.22. The first kappa shape index (κ1) is 34.5. The lowest BCUT2D eigenvalue weighted by molar-refractivity contribution is -0.152. The molecular weight excluding hydrogens is 689 g/mol. The zero-order chi connectivity index (χ0) is 32.4. The highest BCUT2D eigenvalue weighted by Crippen LogP contribution is 2.58. The molecule has 5 rings (SSSR count). The van der Waals surface area contributed by atoms with Crippen molar-refractivity contribution in [3.05, 3.63) is 42.2 Å². The van der Waals surface area contributed by atoms with Crippen LogP contribution in [0.5, 0.6) is 0 Å². The summed E-state index contributed by atoms with van der Waals surface area (Å²) in [7, 11) is -10.6. The van der Waals surface area contributed by atoms with Gasteiger partial charge < -0.3 is 34.2 Å². The Bertz CT molecular complexity index is 1570. The summed E-state index contributed by atoms with van der Waals surface area (Å²) in [5.74, 6) is 0.704. The second kappa shape index (κ2) is 14.1. The lowest BCUT2D eigenvalue weighted by atomic mass is 10.1. The van der Waals surface area contributed by atoms with Crippen LogP contribution >= 0.6 is 39.2 Å². The van der Waals surface area contributed by atoms with Crippen molar-refractivity contribution in [2.24, 2.45) is 0 Å². The SMILES string of the molecule is CSCCNc1nc(SCCC(F)(F)F)nc2c1ncn2[C@@H]1O[C@H](COP(=O)(O)OP(=O)(O)O)[C@H]2OC(c3ccccc3)O[C@H]21. The van der Waals surface area contributed by atoms with Crippen LogP contribution < -0.4 is 5.32 Å². The molecule has 3 aromatic rings. The van der Waals surface area contributed by atoms with Gasteiger partial charge in [0.2, 0.25) is 0 Å². The van der Waals surface area contributed by atoms with Gasteiger partial charge in [-0.1, -0.05) is 42.1 Å². The highest BCUT2D eigenvalue weighted by molar-refractivity contribution is 7.99. The highest BCUT2D eigenvalue weighted by atomic mass is 32.2. The third-order valence-electron chi connectivity index (χ3n) is 6.42. The fourth-order valence-corrected chi connectivity index (χ4v) is 7.31. The first-order valence-electron chi connectivity index (χ1n) is 13.2. The zero-order valence-electron chi connectivity index (χ0n) is 23.2. The number of ether oxygens (including phenoxy) is 3. The molecule has 4 N–H and O–H groups in total. The minimum atomic E-state index is -5.37. The second-order valence-electron chi connectivity index (χ2n) is 9.66. The summed E-state index contributed by atoms with van der Waals surface area (Å²) in [4.78, 5) is 41.0. The Balaban J connectivity index is 1.46. The molecule has 15 nitrogen and oxygen atoms in total. The number of alkyl halides is 3. The Morgan fingerprint density at radius 3 is 2.49 bits per heavy atom. The molecule has 0 bridgehead atoms. The van der Waals surface area contributed by atoms with E-state index in [1.54, 1.807) is 42.1 Å². The van der Waals surface area contributed by atoms with Crippen LogP contribution in [0.1, 0.15) is 24.5 Å². The van der Waals surface area contributed by atoms with Crippen LogP contribution in [0.25, 0.3) is 11.2 Å². The first-order valence-corrected chi connectivity index (χ1v) is 18.6. The Kier molecular flexibility index (Phi) is 10.8. The standard InChI is InChI=1S/C23H28F3N5O10P2S2/c1-44-10-8-27-18-15-19(30-22(29-18)45-9-7-23(24,25)26)31(12-28-15)20-17-16(39-21(40-17)13-5-3-2-4-6-13)14(38-20)11-37-43(35,36)41-42(32,33)34/h2-6,12,14,16-17,20-21H,7-11H2,1H3,(H,35,36)(H,27,29,30)(H2,32,33,34)/t14-,16-,17-,20-,21?/m1/s1. The van der Waals surface area contributed by atoms with E-state index in [4.69, 9.17) is 28.5 Å². The molecular formula is C23H28F3N5O10P2S2.